The van der Waals surface area contributed by atoms with Gasteiger partial charge in [0.05, 0.1) is 0 Å². The van der Waals surface area contributed by atoms with Crippen molar-refractivity contribution >= 4 is 5.91 Å². The third kappa shape index (κ3) is 5.17. The van der Waals surface area contributed by atoms with Crippen LogP contribution < -0.4 is 11.1 Å². The first-order valence-corrected chi connectivity index (χ1v) is 2.38. The highest BCUT2D eigenvalue weighted by Gasteiger charge is 1.77. The predicted molar refractivity (Wildman–Crippen MR) is 32.3 cm³/mol. The van der Waals surface area contributed by atoms with Crippen molar-refractivity contribution in [1.29, 1.82) is 0 Å². The summed E-state index contributed by atoms with van der Waals surface area (Å²) in [7, 11) is 1.80. The molecule has 0 fully saturated rings. The summed E-state index contributed by atoms with van der Waals surface area (Å²) in [6.07, 6.45) is 3.00. The van der Waals surface area contributed by atoms with Crippen LogP contribution in [0.15, 0.2) is 12.2 Å². The lowest BCUT2D eigenvalue weighted by Gasteiger charge is -1.84. The van der Waals surface area contributed by atoms with E-state index < -0.39 is 5.91 Å². The quantitative estimate of drug-likeness (QED) is 0.474. The number of rotatable bonds is 3. The summed E-state index contributed by atoms with van der Waals surface area (Å²) < 4.78 is 0. The van der Waals surface area contributed by atoms with Gasteiger partial charge >= 0.3 is 0 Å². The molecule has 0 radical (unpaired) electrons. The summed E-state index contributed by atoms with van der Waals surface area (Å²) in [4.78, 5) is 9.98. The minimum Gasteiger partial charge on any atom is -0.366 e. The van der Waals surface area contributed by atoms with Crippen molar-refractivity contribution in [3.8, 4) is 0 Å². The van der Waals surface area contributed by atoms with Crippen LogP contribution in [0.5, 0.6) is 0 Å². The molecule has 0 aromatic heterocycles. The van der Waals surface area contributed by atoms with Crippen molar-refractivity contribution in [1.82, 2.24) is 5.32 Å². The van der Waals surface area contributed by atoms with Gasteiger partial charge in [0.15, 0.2) is 0 Å². The van der Waals surface area contributed by atoms with E-state index in [9.17, 15) is 4.79 Å². The predicted octanol–water partition coefficient (Wildman–Crippen LogP) is -0.753. The zero-order chi connectivity index (χ0) is 6.41. The fourth-order valence-corrected chi connectivity index (χ4v) is 0.293. The fourth-order valence-electron chi connectivity index (χ4n) is 0.293. The van der Waals surface area contributed by atoms with Gasteiger partial charge in [-0.05, 0) is 13.1 Å². The van der Waals surface area contributed by atoms with E-state index in [1.165, 1.54) is 6.08 Å². The molecular weight excluding hydrogens is 104 g/mol. The Morgan fingerprint density at radius 3 is 2.88 bits per heavy atom. The standard InChI is InChI=1S/C5H10N2O/c1-7-4-2-3-5(6)8/h2-3,7H,4H2,1H3,(H2,6,8)/b3-2+. The first kappa shape index (κ1) is 7.17. The maximum Gasteiger partial charge on any atom is 0.241 e. The molecule has 0 heterocycles. The van der Waals surface area contributed by atoms with Crippen LogP contribution in [0, 0.1) is 0 Å². The van der Waals surface area contributed by atoms with Gasteiger partial charge in [-0.15, -0.1) is 0 Å². The molecule has 0 unspecified atom stereocenters. The average Bonchev–Trinajstić information content (AvgIpc) is 1.66. The molecule has 0 rings (SSSR count). The number of carbonyl (C=O) groups excluding carboxylic acids is 1. The van der Waals surface area contributed by atoms with Gasteiger partial charge < -0.3 is 11.1 Å². The Hall–Kier alpha value is -0.830. The Bertz CT molecular complexity index is 98.6. The summed E-state index contributed by atoms with van der Waals surface area (Å²) in [6.45, 7) is 0.683. The molecule has 3 heteroatoms. The average molecular weight is 114 g/mol. The molecule has 0 aromatic rings. The number of nitrogens with one attached hydrogen (secondary N) is 1. The van der Waals surface area contributed by atoms with Gasteiger partial charge in [0.25, 0.3) is 0 Å². The molecule has 0 bridgehead atoms. The van der Waals surface area contributed by atoms with Gasteiger partial charge in [-0.25, -0.2) is 0 Å². The zero-order valence-corrected chi connectivity index (χ0v) is 4.85. The Kier molecular flexibility index (Phi) is 3.88. The number of amides is 1. The minimum atomic E-state index is -0.403. The first-order valence-electron chi connectivity index (χ1n) is 2.38. The molecule has 0 spiro atoms. The number of likely N-dealkylation sites (N-methyl/N-ethyl adjacent to an activating group) is 1. The summed E-state index contributed by atoms with van der Waals surface area (Å²) in [5.41, 5.74) is 4.78. The number of primary amides is 1. The molecule has 0 saturated heterocycles. The van der Waals surface area contributed by atoms with Gasteiger partial charge in [-0.3, -0.25) is 4.79 Å². The maximum atomic E-state index is 9.98. The smallest absolute Gasteiger partial charge is 0.241 e. The molecule has 0 aliphatic heterocycles. The molecule has 3 nitrogen and oxygen atoms in total. The van der Waals surface area contributed by atoms with E-state index in [4.69, 9.17) is 5.73 Å². The molecule has 0 aromatic carbocycles. The van der Waals surface area contributed by atoms with Crippen molar-refractivity contribution in [3.05, 3.63) is 12.2 Å². The van der Waals surface area contributed by atoms with Crippen LogP contribution in [0.2, 0.25) is 0 Å². The Labute approximate surface area is 48.6 Å². The highest BCUT2D eigenvalue weighted by Crippen LogP contribution is 1.65. The Balaban J connectivity index is 3.20. The third-order valence-electron chi connectivity index (χ3n) is 0.604. The van der Waals surface area contributed by atoms with Gasteiger partial charge in [0.2, 0.25) is 5.91 Å². The van der Waals surface area contributed by atoms with Crippen molar-refractivity contribution in [3.63, 3.8) is 0 Å². The Morgan fingerprint density at radius 1 is 1.88 bits per heavy atom. The van der Waals surface area contributed by atoms with E-state index >= 15 is 0 Å². The molecule has 8 heavy (non-hydrogen) atoms. The summed E-state index contributed by atoms with van der Waals surface area (Å²) in [5.74, 6) is -0.403. The highest BCUT2D eigenvalue weighted by molar-refractivity contribution is 5.85. The molecule has 0 aliphatic rings. The monoisotopic (exact) mass is 114 g/mol. The third-order valence-corrected chi connectivity index (χ3v) is 0.604. The van der Waals surface area contributed by atoms with Crippen LogP contribution in [-0.4, -0.2) is 19.5 Å². The second kappa shape index (κ2) is 4.33. The van der Waals surface area contributed by atoms with Gasteiger partial charge in [-0.2, -0.15) is 0 Å². The number of nitrogens with two attached hydrogens (primary N) is 1. The second-order valence-corrected chi connectivity index (χ2v) is 1.36. The van der Waals surface area contributed by atoms with Crippen LogP contribution in [0.25, 0.3) is 0 Å². The zero-order valence-electron chi connectivity index (χ0n) is 4.85. The van der Waals surface area contributed by atoms with Crippen molar-refractivity contribution < 1.29 is 4.79 Å². The van der Waals surface area contributed by atoms with E-state index in [0.717, 1.165) is 0 Å². The lowest BCUT2D eigenvalue weighted by molar-refractivity contribution is -0.113. The largest absolute Gasteiger partial charge is 0.366 e. The molecule has 1 amide bonds. The molecule has 3 N–H and O–H groups in total. The van der Waals surface area contributed by atoms with Crippen molar-refractivity contribution in [2.45, 2.75) is 0 Å². The van der Waals surface area contributed by atoms with E-state index in [2.05, 4.69) is 5.32 Å². The fraction of sp³-hybridized carbons (Fsp3) is 0.400. The number of carbonyl (C=O) groups is 1. The Morgan fingerprint density at radius 2 is 2.50 bits per heavy atom. The van der Waals surface area contributed by atoms with Crippen LogP contribution in [0.1, 0.15) is 0 Å². The molecular formula is C5H10N2O. The topological polar surface area (TPSA) is 55.1 Å². The van der Waals surface area contributed by atoms with E-state index in [1.807, 2.05) is 0 Å². The van der Waals surface area contributed by atoms with Crippen LogP contribution >= 0.6 is 0 Å². The first-order chi connectivity index (χ1) is 3.77. The normalized spacial score (nSPS) is 10.1. The number of hydrogen-bond donors (Lipinski definition) is 2. The number of hydrogen-bond acceptors (Lipinski definition) is 2. The van der Waals surface area contributed by atoms with E-state index in [1.54, 1.807) is 13.1 Å². The summed E-state index contributed by atoms with van der Waals surface area (Å²) >= 11 is 0. The van der Waals surface area contributed by atoms with Crippen molar-refractivity contribution in [2.24, 2.45) is 5.73 Å². The molecule has 0 saturated carbocycles. The molecule has 0 atom stereocenters. The van der Waals surface area contributed by atoms with Gasteiger partial charge in [-0.1, -0.05) is 6.08 Å². The summed E-state index contributed by atoms with van der Waals surface area (Å²) in [6, 6.07) is 0. The lowest BCUT2D eigenvalue weighted by atomic mass is 10.5. The minimum absolute atomic E-state index is 0.403. The summed E-state index contributed by atoms with van der Waals surface area (Å²) in [5, 5.41) is 2.83. The molecule has 46 valence electrons. The van der Waals surface area contributed by atoms with E-state index in [0.29, 0.717) is 6.54 Å². The molecule has 0 aliphatic carbocycles. The second-order valence-electron chi connectivity index (χ2n) is 1.36. The van der Waals surface area contributed by atoms with Crippen LogP contribution in [-0.2, 0) is 4.79 Å². The van der Waals surface area contributed by atoms with Crippen LogP contribution in [0.4, 0.5) is 0 Å². The van der Waals surface area contributed by atoms with Gasteiger partial charge in [0, 0.05) is 6.54 Å². The SMILES string of the molecule is CNC/C=C/C(N)=O. The van der Waals surface area contributed by atoms with E-state index in [-0.39, 0.29) is 0 Å². The van der Waals surface area contributed by atoms with Crippen LogP contribution in [0.3, 0.4) is 0 Å². The van der Waals surface area contributed by atoms with Crippen molar-refractivity contribution in [2.75, 3.05) is 13.6 Å². The lowest BCUT2D eigenvalue weighted by Crippen LogP contribution is -2.09. The highest BCUT2D eigenvalue weighted by atomic mass is 16.1. The van der Waals surface area contributed by atoms with Gasteiger partial charge in [0.1, 0.15) is 0 Å². The maximum absolute atomic E-state index is 9.98.